The van der Waals surface area contributed by atoms with Gasteiger partial charge in [-0.1, -0.05) is 29.8 Å². The number of nitrogens with zero attached hydrogens (tertiary/aromatic N) is 1. The maximum absolute atomic E-state index is 12.8. The standard InChI is InChI=1S/C25H29ClN2O4/c1-17(2)32-24-21(26)14-18(15-22(24)31-3)11-12-23(29)28-13-7-8-19(16-28)25(30)27-20-9-5-4-6-10-20/h4-6,9-12,14-15,17,19H,7-8,13,16H2,1-3H3,(H,27,30)/b12-11+. The van der Waals surface area contributed by atoms with Crippen LogP contribution in [0, 0.1) is 5.92 Å². The Kier molecular flexibility index (Phi) is 8.17. The second-order valence-electron chi connectivity index (χ2n) is 8.01. The molecule has 170 valence electrons. The Balaban J connectivity index is 1.64. The molecule has 1 N–H and O–H groups in total. The number of likely N-dealkylation sites (tertiary alicyclic amines) is 1. The third-order valence-corrected chi connectivity index (χ3v) is 5.45. The molecule has 32 heavy (non-hydrogen) atoms. The van der Waals surface area contributed by atoms with E-state index in [1.165, 1.54) is 6.08 Å². The van der Waals surface area contributed by atoms with Crippen molar-refractivity contribution in [2.75, 3.05) is 25.5 Å². The molecule has 1 heterocycles. The Morgan fingerprint density at radius 1 is 1.22 bits per heavy atom. The summed E-state index contributed by atoms with van der Waals surface area (Å²) in [4.78, 5) is 27.1. The average molecular weight is 457 g/mol. The summed E-state index contributed by atoms with van der Waals surface area (Å²) in [5, 5.41) is 3.35. The van der Waals surface area contributed by atoms with Gasteiger partial charge < -0.3 is 19.7 Å². The van der Waals surface area contributed by atoms with Crippen LogP contribution < -0.4 is 14.8 Å². The minimum absolute atomic E-state index is 0.0458. The second kappa shape index (κ2) is 11.0. The van der Waals surface area contributed by atoms with Crippen molar-refractivity contribution in [3.8, 4) is 11.5 Å². The monoisotopic (exact) mass is 456 g/mol. The number of nitrogens with one attached hydrogen (secondary N) is 1. The van der Waals surface area contributed by atoms with Crippen molar-refractivity contribution >= 4 is 35.2 Å². The van der Waals surface area contributed by atoms with Crippen molar-refractivity contribution in [1.82, 2.24) is 4.90 Å². The fourth-order valence-corrected chi connectivity index (χ4v) is 3.88. The molecule has 1 fully saturated rings. The van der Waals surface area contributed by atoms with Gasteiger partial charge in [-0.15, -0.1) is 0 Å². The van der Waals surface area contributed by atoms with E-state index in [-0.39, 0.29) is 23.8 Å². The van der Waals surface area contributed by atoms with Crippen molar-refractivity contribution in [2.24, 2.45) is 5.92 Å². The van der Waals surface area contributed by atoms with Crippen LogP contribution in [-0.4, -0.2) is 43.0 Å². The second-order valence-corrected chi connectivity index (χ2v) is 8.42. The summed E-state index contributed by atoms with van der Waals surface area (Å²) in [6, 6.07) is 12.9. The number of carbonyl (C=O) groups excluding carboxylic acids is 2. The van der Waals surface area contributed by atoms with Crippen LogP contribution in [0.15, 0.2) is 48.5 Å². The number of rotatable bonds is 7. The van der Waals surface area contributed by atoms with E-state index in [2.05, 4.69) is 5.32 Å². The molecule has 2 amide bonds. The number of carbonyl (C=O) groups is 2. The van der Waals surface area contributed by atoms with E-state index in [1.807, 2.05) is 44.2 Å². The van der Waals surface area contributed by atoms with Gasteiger partial charge >= 0.3 is 0 Å². The maximum Gasteiger partial charge on any atom is 0.246 e. The van der Waals surface area contributed by atoms with Crippen LogP contribution in [0.5, 0.6) is 11.5 Å². The lowest BCUT2D eigenvalue weighted by Gasteiger charge is -2.31. The molecule has 0 spiro atoms. The lowest BCUT2D eigenvalue weighted by Crippen LogP contribution is -2.43. The van der Waals surface area contributed by atoms with Gasteiger partial charge in [0.25, 0.3) is 0 Å². The van der Waals surface area contributed by atoms with Crippen molar-refractivity contribution in [1.29, 1.82) is 0 Å². The van der Waals surface area contributed by atoms with Crippen LogP contribution in [0.25, 0.3) is 6.08 Å². The molecule has 2 aromatic rings. The first-order valence-corrected chi connectivity index (χ1v) is 11.1. The summed E-state index contributed by atoms with van der Waals surface area (Å²) in [5.74, 6) is 0.558. The molecule has 2 aromatic carbocycles. The molecule has 1 aliphatic heterocycles. The van der Waals surface area contributed by atoms with Gasteiger partial charge in [-0.2, -0.15) is 0 Å². The third kappa shape index (κ3) is 6.26. The van der Waals surface area contributed by atoms with Gasteiger partial charge in [-0.05, 0) is 62.6 Å². The first-order chi connectivity index (χ1) is 15.4. The Hall–Kier alpha value is -2.99. The van der Waals surface area contributed by atoms with E-state index < -0.39 is 0 Å². The zero-order valence-electron chi connectivity index (χ0n) is 18.6. The zero-order valence-corrected chi connectivity index (χ0v) is 19.4. The number of piperidine rings is 1. The maximum atomic E-state index is 12.8. The first kappa shape index (κ1) is 23.7. The molecule has 0 aliphatic carbocycles. The zero-order chi connectivity index (χ0) is 23.1. The summed E-state index contributed by atoms with van der Waals surface area (Å²) in [5.41, 5.74) is 1.49. The van der Waals surface area contributed by atoms with E-state index in [9.17, 15) is 9.59 Å². The van der Waals surface area contributed by atoms with Crippen LogP contribution in [0.1, 0.15) is 32.3 Å². The summed E-state index contributed by atoms with van der Waals surface area (Å²) in [6.45, 7) is 4.85. The number of benzene rings is 2. The molecule has 0 aromatic heterocycles. The quantitative estimate of drug-likeness (QED) is 0.593. The lowest BCUT2D eigenvalue weighted by atomic mass is 9.97. The molecule has 6 nitrogen and oxygen atoms in total. The van der Waals surface area contributed by atoms with Gasteiger partial charge in [-0.25, -0.2) is 0 Å². The third-order valence-electron chi connectivity index (χ3n) is 5.17. The molecular formula is C25H29ClN2O4. The van der Waals surface area contributed by atoms with Crippen LogP contribution in [0.4, 0.5) is 5.69 Å². The number of hydrogen-bond donors (Lipinski definition) is 1. The van der Waals surface area contributed by atoms with Gasteiger partial charge in [0.05, 0.1) is 24.2 Å². The highest BCUT2D eigenvalue weighted by Gasteiger charge is 2.27. The molecule has 7 heteroatoms. The van der Waals surface area contributed by atoms with Gasteiger partial charge in [-0.3, -0.25) is 9.59 Å². The van der Waals surface area contributed by atoms with Gasteiger partial charge in [0, 0.05) is 24.9 Å². The normalized spacial score (nSPS) is 16.3. The Morgan fingerprint density at radius 2 is 1.97 bits per heavy atom. The fraction of sp³-hybridized carbons (Fsp3) is 0.360. The summed E-state index contributed by atoms with van der Waals surface area (Å²) in [6.07, 6.45) is 4.70. The van der Waals surface area contributed by atoms with Crippen LogP contribution in [0.3, 0.4) is 0 Å². The molecule has 3 rings (SSSR count). The van der Waals surface area contributed by atoms with E-state index in [0.717, 1.165) is 24.1 Å². The highest BCUT2D eigenvalue weighted by Crippen LogP contribution is 2.37. The van der Waals surface area contributed by atoms with E-state index in [4.69, 9.17) is 21.1 Å². The summed E-state index contributed by atoms with van der Waals surface area (Å²) >= 11 is 6.36. The van der Waals surface area contributed by atoms with E-state index >= 15 is 0 Å². The minimum Gasteiger partial charge on any atom is -0.493 e. The predicted octanol–water partition coefficient (Wildman–Crippen LogP) is 5.03. The molecule has 1 saturated heterocycles. The number of halogens is 1. The predicted molar refractivity (Wildman–Crippen MR) is 127 cm³/mol. The Morgan fingerprint density at radius 3 is 2.66 bits per heavy atom. The highest BCUT2D eigenvalue weighted by molar-refractivity contribution is 6.32. The molecule has 1 unspecified atom stereocenters. The van der Waals surface area contributed by atoms with E-state index in [0.29, 0.717) is 29.6 Å². The minimum atomic E-state index is -0.233. The van der Waals surface area contributed by atoms with Crippen molar-refractivity contribution in [3.63, 3.8) is 0 Å². The number of methoxy groups -OCH3 is 1. The largest absolute Gasteiger partial charge is 0.493 e. The summed E-state index contributed by atoms with van der Waals surface area (Å²) < 4.78 is 11.1. The molecular weight excluding hydrogens is 428 g/mol. The highest BCUT2D eigenvalue weighted by atomic mass is 35.5. The van der Waals surface area contributed by atoms with Crippen LogP contribution >= 0.6 is 11.6 Å². The average Bonchev–Trinajstić information content (AvgIpc) is 2.79. The fourth-order valence-electron chi connectivity index (χ4n) is 3.62. The first-order valence-electron chi connectivity index (χ1n) is 10.7. The molecule has 0 bridgehead atoms. The molecule has 0 saturated carbocycles. The number of anilines is 1. The number of para-hydroxylation sites is 1. The van der Waals surface area contributed by atoms with Crippen LogP contribution in [-0.2, 0) is 9.59 Å². The molecule has 1 atom stereocenters. The van der Waals surface area contributed by atoms with Crippen molar-refractivity contribution in [2.45, 2.75) is 32.8 Å². The smallest absolute Gasteiger partial charge is 0.246 e. The van der Waals surface area contributed by atoms with Gasteiger partial charge in [0.2, 0.25) is 11.8 Å². The van der Waals surface area contributed by atoms with Crippen LogP contribution in [0.2, 0.25) is 5.02 Å². The Labute approximate surface area is 194 Å². The molecule has 0 radical (unpaired) electrons. The van der Waals surface area contributed by atoms with E-state index in [1.54, 1.807) is 30.2 Å². The lowest BCUT2D eigenvalue weighted by molar-refractivity contribution is -0.130. The number of hydrogen-bond acceptors (Lipinski definition) is 4. The van der Waals surface area contributed by atoms with Crippen molar-refractivity contribution < 1.29 is 19.1 Å². The topological polar surface area (TPSA) is 67.9 Å². The number of ether oxygens (including phenoxy) is 2. The Bertz CT molecular complexity index is 975. The summed E-state index contributed by atoms with van der Waals surface area (Å²) in [7, 11) is 1.55. The van der Waals surface area contributed by atoms with Gasteiger partial charge in [0.1, 0.15) is 0 Å². The number of amides is 2. The van der Waals surface area contributed by atoms with Crippen molar-refractivity contribution in [3.05, 3.63) is 59.1 Å². The molecule has 1 aliphatic rings. The SMILES string of the molecule is COc1cc(/C=C/C(=O)N2CCCC(C(=O)Nc3ccccc3)C2)cc(Cl)c1OC(C)C. The van der Waals surface area contributed by atoms with Gasteiger partial charge in [0.15, 0.2) is 11.5 Å².